The molecular weight excluding hydrogens is 396 g/mol. The van der Waals surface area contributed by atoms with Crippen LogP contribution in [0, 0.1) is 11.6 Å². The Morgan fingerprint density at radius 1 is 1.13 bits per heavy atom. The Balaban J connectivity index is 1.55. The van der Waals surface area contributed by atoms with E-state index in [9.17, 15) is 18.4 Å². The number of rotatable bonds is 8. The first-order valence-corrected chi connectivity index (χ1v) is 9.23. The fourth-order valence-corrected chi connectivity index (χ4v) is 2.67. The first-order valence-electron chi connectivity index (χ1n) is 9.23. The first kappa shape index (κ1) is 21.0. The number of hydrogen-bond acceptors (Lipinski definition) is 6. The van der Waals surface area contributed by atoms with Gasteiger partial charge in [0.05, 0.1) is 6.54 Å². The summed E-state index contributed by atoms with van der Waals surface area (Å²) in [5.41, 5.74) is 0.00460. The summed E-state index contributed by atoms with van der Waals surface area (Å²) in [5, 5.41) is 6.00. The number of hydrogen-bond donors (Lipinski definition) is 1. The molecule has 0 aliphatic carbocycles. The van der Waals surface area contributed by atoms with Gasteiger partial charge in [-0.2, -0.15) is 4.98 Å². The zero-order valence-corrected chi connectivity index (χ0v) is 16.1. The van der Waals surface area contributed by atoms with Crippen LogP contribution in [0.4, 0.5) is 14.5 Å². The fraction of sp³-hybridized carbons (Fsp3) is 0.250. The van der Waals surface area contributed by atoms with Gasteiger partial charge in [0, 0.05) is 25.6 Å². The summed E-state index contributed by atoms with van der Waals surface area (Å²) >= 11 is 0. The van der Waals surface area contributed by atoms with E-state index in [0.29, 0.717) is 11.5 Å². The molecule has 2 amide bonds. The quantitative estimate of drug-likeness (QED) is 0.607. The first-order chi connectivity index (χ1) is 14.5. The standard InChI is InChI=1S/C20H19F2N5O3/c1-2-27(12-16(28)24-19-13(21)6-5-7-14(19)22)18(29)10-9-17-25-20(26-30-17)15-8-3-4-11-23-15/h3-8,11H,2,9-10,12H2,1H3,(H,24,28). The molecule has 156 valence electrons. The smallest absolute Gasteiger partial charge is 0.244 e. The second-order valence-electron chi connectivity index (χ2n) is 6.28. The molecule has 2 aromatic heterocycles. The van der Waals surface area contributed by atoms with E-state index in [2.05, 4.69) is 20.4 Å². The number of aryl methyl sites for hydroxylation is 1. The lowest BCUT2D eigenvalue weighted by molar-refractivity contribution is -0.134. The molecule has 8 nitrogen and oxygen atoms in total. The van der Waals surface area contributed by atoms with Gasteiger partial charge in [-0.05, 0) is 31.2 Å². The van der Waals surface area contributed by atoms with Gasteiger partial charge in [-0.3, -0.25) is 14.6 Å². The molecule has 0 saturated carbocycles. The highest BCUT2D eigenvalue weighted by molar-refractivity contribution is 5.94. The minimum absolute atomic E-state index is 0.0268. The van der Waals surface area contributed by atoms with Crippen molar-refractivity contribution in [3.8, 4) is 11.5 Å². The van der Waals surface area contributed by atoms with Gasteiger partial charge in [-0.25, -0.2) is 8.78 Å². The minimum atomic E-state index is -0.891. The maximum Gasteiger partial charge on any atom is 0.244 e. The number of nitrogens with zero attached hydrogens (tertiary/aromatic N) is 4. The van der Waals surface area contributed by atoms with Crippen molar-refractivity contribution < 1.29 is 22.9 Å². The van der Waals surface area contributed by atoms with Crippen LogP contribution in [0.25, 0.3) is 11.5 Å². The molecule has 3 rings (SSSR count). The maximum atomic E-state index is 13.7. The van der Waals surface area contributed by atoms with Crippen molar-refractivity contribution in [2.75, 3.05) is 18.4 Å². The Bertz CT molecular complexity index is 1010. The lowest BCUT2D eigenvalue weighted by Crippen LogP contribution is -2.38. The number of amides is 2. The average molecular weight is 415 g/mol. The number of aromatic nitrogens is 3. The third-order valence-electron chi connectivity index (χ3n) is 4.21. The SMILES string of the molecule is CCN(CC(=O)Nc1c(F)cccc1F)C(=O)CCc1nc(-c2ccccn2)no1. The molecule has 1 aromatic carbocycles. The third kappa shape index (κ3) is 5.22. The second-order valence-corrected chi connectivity index (χ2v) is 6.28. The van der Waals surface area contributed by atoms with Gasteiger partial charge >= 0.3 is 0 Å². The predicted molar refractivity (Wildman–Crippen MR) is 103 cm³/mol. The van der Waals surface area contributed by atoms with E-state index >= 15 is 0 Å². The molecule has 2 heterocycles. The van der Waals surface area contributed by atoms with Gasteiger partial charge in [0.15, 0.2) is 0 Å². The summed E-state index contributed by atoms with van der Waals surface area (Å²) in [6.07, 6.45) is 1.81. The molecule has 0 radical (unpaired) electrons. The van der Waals surface area contributed by atoms with Crippen molar-refractivity contribution >= 4 is 17.5 Å². The molecule has 0 unspecified atom stereocenters. The van der Waals surface area contributed by atoms with Crippen LogP contribution >= 0.6 is 0 Å². The average Bonchev–Trinajstić information content (AvgIpc) is 3.23. The molecule has 0 spiro atoms. The van der Waals surface area contributed by atoms with Crippen LogP contribution in [0.3, 0.4) is 0 Å². The molecule has 30 heavy (non-hydrogen) atoms. The normalized spacial score (nSPS) is 10.6. The molecule has 3 aromatic rings. The number of likely N-dealkylation sites (N-methyl/N-ethyl adjacent to an activating group) is 1. The minimum Gasteiger partial charge on any atom is -0.339 e. The second kappa shape index (κ2) is 9.68. The van der Waals surface area contributed by atoms with E-state index in [4.69, 9.17) is 4.52 Å². The summed E-state index contributed by atoms with van der Waals surface area (Å²) in [6.45, 7) is 1.60. The van der Waals surface area contributed by atoms with E-state index in [-0.39, 0.29) is 37.7 Å². The zero-order valence-electron chi connectivity index (χ0n) is 16.1. The van der Waals surface area contributed by atoms with Crippen LogP contribution in [-0.4, -0.2) is 44.9 Å². The summed E-state index contributed by atoms with van der Waals surface area (Å²) in [5.74, 6) is -2.24. The Morgan fingerprint density at radius 3 is 2.57 bits per heavy atom. The van der Waals surface area contributed by atoms with Crippen molar-refractivity contribution in [2.24, 2.45) is 0 Å². The number of benzene rings is 1. The van der Waals surface area contributed by atoms with Gasteiger partial charge in [-0.1, -0.05) is 17.3 Å². The van der Waals surface area contributed by atoms with Crippen LogP contribution in [0.5, 0.6) is 0 Å². The number of halogens is 2. The fourth-order valence-electron chi connectivity index (χ4n) is 2.67. The Kier molecular flexibility index (Phi) is 6.79. The van der Waals surface area contributed by atoms with Gasteiger partial charge in [0.1, 0.15) is 23.0 Å². The topological polar surface area (TPSA) is 101 Å². The Labute approximate surface area is 170 Å². The van der Waals surface area contributed by atoms with Crippen LogP contribution in [0.15, 0.2) is 47.1 Å². The van der Waals surface area contributed by atoms with Crippen molar-refractivity contribution in [3.05, 3.63) is 60.1 Å². The summed E-state index contributed by atoms with van der Waals surface area (Å²) in [7, 11) is 0. The highest BCUT2D eigenvalue weighted by Crippen LogP contribution is 2.18. The van der Waals surface area contributed by atoms with Gasteiger partial charge in [0.25, 0.3) is 0 Å². The van der Waals surface area contributed by atoms with Crippen molar-refractivity contribution in [3.63, 3.8) is 0 Å². The van der Waals surface area contributed by atoms with E-state index in [1.807, 2.05) is 0 Å². The molecule has 0 bridgehead atoms. The largest absolute Gasteiger partial charge is 0.339 e. The molecular formula is C20H19F2N5O3. The Hall–Kier alpha value is -3.69. The summed E-state index contributed by atoms with van der Waals surface area (Å²) in [6, 6.07) is 8.54. The lowest BCUT2D eigenvalue weighted by atomic mass is 10.2. The molecule has 0 saturated heterocycles. The number of pyridine rings is 1. The van der Waals surface area contributed by atoms with Crippen molar-refractivity contribution in [1.29, 1.82) is 0 Å². The van der Waals surface area contributed by atoms with Gasteiger partial charge < -0.3 is 14.7 Å². The number of carbonyl (C=O) groups is 2. The number of carbonyl (C=O) groups excluding carboxylic acids is 2. The van der Waals surface area contributed by atoms with Gasteiger partial charge in [0.2, 0.25) is 23.5 Å². The van der Waals surface area contributed by atoms with Crippen molar-refractivity contribution in [2.45, 2.75) is 19.8 Å². The summed E-state index contributed by atoms with van der Waals surface area (Å²) < 4.78 is 32.5. The zero-order chi connectivity index (χ0) is 21.5. The highest BCUT2D eigenvalue weighted by atomic mass is 19.1. The highest BCUT2D eigenvalue weighted by Gasteiger charge is 2.19. The summed E-state index contributed by atoms with van der Waals surface area (Å²) in [4.78, 5) is 34.2. The monoisotopic (exact) mass is 415 g/mol. The van der Waals surface area contributed by atoms with Gasteiger partial charge in [-0.15, -0.1) is 0 Å². The van der Waals surface area contributed by atoms with E-state index in [1.54, 1.807) is 31.3 Å². The molecule has 10 heteroatoms. The van der Waals surface area contributed by atoms with Crippen LogP contribution in [0.1, 0.15) is 19.2 Å². The van der Waals surface area contributed by atoms with E-state index < -0.39 is 23.2 Å². The third-order valence-corrected chi connectivity index (χ3v) is 4.21. The number of nitrogens with one attached hydrogen (secondary N) is 1. The maximum absolute atomic E-state index is 13.7. The predicted octanol–water partition coefficient (Wildman–Crippen LogP) is 2.83. The molecule has 0 atom stereocenters. The van der Waals surface area contributed by atoms with Crippen LogP contribution in [0.2, 0.25) is 0 Å². The molecule has 0 fully saturated rings. The Morgan fingerprint density at radius 2 is 1.90 bits per heavy atom. The molecule has 0 aliphatic rings. The van der Waals surface area contributed by atoms with Crippen LogP contribution in [-0.2, 0) is 16.0 Å². The lowest BCUT2D eigenvalue weighted by Gasteiger charge is -2.20. The number of para-hydroxylation sites is 1. The van der Waals surface area contributed by atoms with E-state index in [0.717, 1.165) is 12.1 Å². The van der Waals surface area contributed by atoms with Crippen LogP contribution < -0.4 is 5.32 Å². The van der Waals surface area contributed by atoms with Crippen molar-refractivity contribution in [1.82, 2.24) is 20.0 Å². The van der Waals surface area contributed by atoms with E-state index in [1.165, 1.54) is 11.0 Å². The molecule has 1 N–H and O–H groups in total. The number of anilines is 1. The molecule has 0 aliphatic heterocycles.